The van der Waals surface area contributed by atoms with E-state index in [9.17, 15) is 4.79 Å². The highest BCUT2D eigenvalue weighted by atomic mass is 35.5. The third kappa shape index (κ3) is 2.54. The lowest BCUT2D eigenvalue weighted by atomic mass is 10.1. The predicted octanol–water partition coefficient (Wildman–Crippen LogP) is 2.56. The summed E-state index contributed by atoms with van der Waals surface area (Å²) >= 11 is 5.82. The van der Waals surface area contributed by atoms with Gasteiger partial charge in [0.05, 0.1) is 17.1 Å². The molecule has 0 aliphatic rings. The van der Waals surface area contributed by atoms with Crippen LogP contribution in [0.3, 0.4) is 0 Å². The molecule has 0 saturated heterocycles. The van der Waals surface area contributed by atoms with E-state index in [0.29, 0.717) is 16.3 Å². The molecule has 0 spiro atoms. The van der Waals surface area contributed by atoms with Crippen LogP contribution in [0.5, 0.6) is 0 Å². The average molecular weight is 264 g/mol. The second-order valence-electron chi connectivity index (χ2n) is 3.97. The molecule has 5 heteroatoms. The van der Waals surface area contributed by atoms with Crippen LogP contribution < -0.4 is 5.73 Å². The quantitative estimate of drug-likeness (QED) is 0.681. The second-order valence-corrected chi connectivity index (χ2v) is 4.37. The van der Waals surface area contributed by atoms with E-state index in [1.807, 2.05) is 17.7 Å². The molecule has 1 aromatic carbocycles. The average Bonchev–Trinajstić information content (AvgIpc) is 2.79. The van der Waals surface area contributed by atoms with Crippen molar-refractivity contribution in [1.82, 2.24) is 9.55 Å². The zero-order valence-electron chi connectivity index (χ0n) is 10.1. The first kappa shape index (κ1) is 12.6. The Morgan fingerprint density at radius 1 is 1.50 bits per heavy atom. The summed E-state index contributed by atoms with van der Waals surface area (Å²) in [7, 11) is 0. The van der Waals surface area contributed by atoms with Gasteiger partial charge in [-0.1, -0.05) is 11.6 Å². The molecule has 18 heavy (non-hydrogen) atoms. The van der Waals surface area contributed by atoms with Gasteiger partial charge in [0.2, 0.25) is 0 Å². The van der Waals surface area contributed by atoms with E-state index in [-0.39, 0.29) is 12.2 Å². The van der Waals surface area contributed by atoms with Gasteiger partial charge in [0.25, 0.3) is 0 Å². The monoisotopic (exact) mass is 263 g/mol. The van der Waals surface area contributed by atoms with Crippen molar-refractivity contribution in [2.24, 2.45) is 0 Å². The molecule has 0 radical (unpaired) electrons. The van der Waals surface area contributed by atoms with E-state index < -0.39 is 0 Å². The molecule has 94 valence electrons. The number of carbonyl (C=O) groups is 1. The maximum Gasteiger partial charge on any atom is 0.170 e. The first-order valence-electron chi connectivity index (χ1n) is 5.70. The fraction of sp³-hybridized carbons (Fsp3) is 0.231. The Hall–Kier alpha value is -1.81. The Balaban J connectivity index is 2.19. The minimum atomic E-state index is -0.0146. The van der Waals surface area contributed by atoms with Crippen LogP contribution in [0.15, 0.2) is 30.6 Å². The molecule has 0 atom stereocenters. The Labute approximate surface area is 110 Å². The minimum Gasteiger partial charge on any atom is -0.398 e. The number of aromatic nitrogens is 2. The number of Topliss-reactive ketones (excluding diaryl/α,β-unsaturated/α-hetero) is 1. The third-order valence-electron chi connectivity index (χ3n) is 2.78. The van der Waals surface area contributed by atoms with Gasteiger partial charge >= 0.3 is 0 Å². The summed E-state index contributed by atoms with van der Waals surface area (Å²) in [4.78, 5) is 16.3. The molecule has 4 nitrogen and oxygen atoms in total. The number of ketones is 1. The van der Waals surface area contributed by atoms with Crippen LogP contribution in [-0.2, 0) is 13.0 Å². The second kappa shape index (κ2) is 5.23. The molecule has 0 bridgehead atoms. The van der Waals surface area contributed by atoms with E-state index in [2.05, 4.69) is 4.98 Å². The predicted molar refractivity (Wildman–Crippen MR) is 71.8 cm³/mol. The number of aryl methyl sites for hydroxylation is 1. The van der Waals surface area contributed by atoms with E-state index in [0.717, 1.165) is 12.4 Å². The molecular formula is C13H14ClN3O. The highest BCUT2D eigenvalue weighted by Crippen LogP contribution is 2.20. The topological polar surface area (TPSA) is 60.9 Å². The normalized spacial score (nSPS) is 10.6. The number of nitrogens with two attached hydrogens (primary N) is 1. The fourth-order valence-electron chi connectivity index (χ4n) is 1.76. The lowest BCUT2D eigenvalue weighted by Crippen LogP contribution is -2.10. The van der Waals surface area contributed by atoms with Crippen LogP contribution in [0.1, 0.15) is 23.1 Å². The van der Waals surface area contributed by atoms with Gasteiger partial charge < -0.3 is 10.3 Å². The standard InChI is InChI=1S/C13H14ClN3O/c1-2-17-6-5-16-13(17)8-12(18)9-3-4-10(14)11(15)7-9/h3-7H,2,8,15H2,1H3. The van der Waals surface area contributed by atoms with Crippen LogP contribution in [0.4, 0.5) is 5.69 Å². The molecule has 0 aliphatic heterocycles. The molecule has 0 fully saturated rings. The number of hydrogen-bond donors (Lipinski definition) is 1. The summed E-state index contributed by atoms with van der Waals surface area (Å²) in [5.41, 5.74) is 6.66. The van der Waals surface area contributed by atoms with Crippen molar-refractivity contribution in [2.75, 3.05) is 5.73 Å². The maximum absolute atomic E-state index is 12.1. The van der Waals surface area contributed by atoms with Gasteiger partial charge in [0.1, 0.15) is 5.82 Å². The van der Waals surface area contributed by atoms with Crippen molar-refractivity contribution < 1.29 is 4.79 Å². The smallest absolute Gasteiger partial charge is 0.170 e. The summed E-state index contributed by atoms with van der Waals surface area (Å²) in [6.45, 7) is 2.81. The van der Waals surface area contributed by atoms with Crippen molar-refractivity contribution in [3.8, 4) is 0 Å². The summed E-state index contributed by atoms with van der Waals surface area (Å²) < 4.78 is 1.94. The molecule has 0 amide bonds. The van der Waals surface area contributed by atoms with E-state index in [4.69, 9.17) is 17.3 Å². The Morgan fingerprint density at radius 3 is 2.94 bits per heavy atom. The third-order valence-corrected chi connectivity index (χ3v) is 3.12. The Kier molecular flexibility index (Phi) is 3.67. The largest absolute Gasteiger partial charge is 0.398 e. The lowest BCUT2D eigenvalue weighted by molar-refractivity contribution is 0.0990. The van der Waals surface area contributed by atoms with E-state index in [1.165, 1.54) is 0 Å². The summed E-state index contributed by atoms with van der Waals surface area (Å²) in [5, 5.41) is 0.460. The van der Waals surface area contributed by atoms with Crippen molar-refractivity contribution in [3.63, 3.8) is 0 Å². The first-order chi connectivity index (χ1) is 8.61. The molecule has 2 rings (SSSR count). The van der Waals surface area contributed by atoms with Gasteiger partial charge in [-0.2, -0.15) is 0 Å². The number of nitrogens with zero attached hydrogens (tertiary/aromatic N) is 2. The van der Waals surface area contributed by atoms with Crippen LogP contribution in [-0.4, -0.2) is 15.3 Å². The van der Waals surface area contributed by atoms with Gasteiger partial charge in [0.15, 0.2) is 5.78 Å². The van der Waals surface area contributed by atoms with Crippen LogP contribution in [0, 0.1) is 0 Å². The van der Waals surface area contributed by atoms with Crippen LogP contribution in [0.25, 0.3) is 0 Å². The number of nitrogen functional groups attached to an aromatic ring is 1. The number of carbonyl (C=O) groups excluding carboxylic acids is 1. The molecule has 0 unspecified atom stereocenters. The zero-order valence-corrected chi connectivity index (χ0v) is 10.8. The highest BCUT2D eigenvalue weighted by molar-refractivity contribution is 6.33. The van der Waals surface area contributed by atoms with Gasteiger partial charge in [-0.15, -0.1) is 0 Å². The van der Waals surface area contributed by atoms with Crippen molar-refractivity contribution in [1.29, 1.82) is 0 Å². The van der Waals surface area contributed by atoms with Crippen molar-refractivity contribution in [2.45, 2.75) is 19.9 Å². The lowest BCUT2D eigenvalue weighted by Gasteiger charge is -2.05. The number of rotatable bonds is 4. The number of halogens is 1. The summed E-state index contributed by atoms with van der Waals surface area (Å²) in [5.74, 6) is 0.746. The van der Waals surface area contributed by atoms with Gasteiger partial charge in [-0.25, -0.2) is 4.98 Å². The number of benzene rings is 1. The molecular weight excluding hydrogens is 250 g/mol. The Morgan fingerprint density at radius 2 is 2.28 bits per heavy atom. The molecule has 2 N–H and O–H groups in total. The summed E-state index contributed by atoms with van der Waals surface area (Å²) in [6, 6.07) is 4.92. The molecule has 0 saturated carbocycles. The number of hydrogen-bond acceptors (Lipinski definition) is 3. The molecule has 1 heterocycles. The number of imidazole rings is 1. The molecule has 2 aromatic rings. The highest BCUT2D eigenvalue weighted by Gasteiger charge is 2.11. The van der Waals surface area contributed by atoms with Crippen LogP contribution >= 0.6 is 11.6 Å². The van der Waals surface area contributed by atoms with E-state index >= 15 is 0 Å². The molecule has 1 aromatic heterocycles. The van der Waals surface area contributed by atoms with Gasteiger partial charge in [-0.05, 0) is 25.1 Å². The minimum absolute atomic E-state index is 0.0146. The first-order valence-corrected chi connectivity index (χ1v) is 6.08. The van der Waals surface area contributed by atoms with Crippen LogP contribution in [0.2, 0.25) is 5.02 Å². The van der Waals surface area contributed by atoms with Gasteiger partial charge in [0, 0.05) is 24.5 Å². The van der Waals surface area contributed by atoms with Crippen molar-refractivity contribution >= 4 is 23.1 Å². The maximum atomic E-state index is 12.1. The van der Waals surface area contributed by atoms with Crippen molar-refractivity contribution in [3.05, 3.63) is 47.0 Å². The summed E-state index contributed by atoms with van der Waals surface area (Å²) in [6.07, 6.45) is 3.82. The molecule has 0 aliphatic carbocycles. The Bertz CT molecular complexity index is 577. The number of anilines is 1. The zero-order chi connectivity index (χ0) is 13.1. The SMILES string of the molecule is CCn1ccnc1CC(=O)c1ccc(Cl)c(N)c1. The van der Waals surface area contributed by atoms with E-state index in [1.54, 1.807) is 24.4 Å². The fourth-order valence-corrected chi connectivity index (χ4v) is 1.88. The van der Waals surface area contributed by atoms with Gasteiger partial charge in [-0.3, -0.25) is 4.79 Å².